The van der Waals surface area contributed by atoms with E-state index in [0.717, 1.165) is 50.9 Å². The molecule has 0 aromatic carbocycles. The Bertz CT molecular complexity index is 508. The Morgan fingerprint density at radius 1 is 1.32 bits per heavy atom. The van der Waals surface area contributed by atoms with Crippen molar-refractivity contribution in [3.63, 3.8) is 0 Å². The van der Waals surface area contributed by atoms with Gasteiger partial charge in [0.2, 0.25) is 5.89 Å². The number of aromatic nitrogens is 2. The highest BCUT2D eigenvalue weighted by Gasteiger charge is 2.36. The monoisotopic (exact) mass is 307 g/mol. The molecule has 0 N–H and O–H groups in total. The molecule has 0 saturated carbocycles. The van der Waals surface area contributed by atoms with E-state index in [-0.39, 0.29) is 18.1 Å². The van der Waals surface area contributed by atoms with Gasteiger partial charge in [0.15, 0.2) is 5.82 Å². The van der Waals surface area contributed by atoms with Crippen LogP contribution in [0.2, 0.25) is 0 Å². The minimum Gasteiger partial charge on any atom is -0.368 e. The van der Waals surface area contributed by atoms with E-state index >= 15 is 0 Å². The number of piperidine rings is 1. The number of nitrogens with zero attached hydrogens (tertiary/aromatic N) is 3. The van der Waals surface area contributed by atoms with Gasteiger partial charge in [0.1, 0.15) is 12.1 Å². The molecule has 3 rings (SSSR count). The molecule has 122 valence electrons. The standard InChI is InChI=1S/C16H25N3O3/c1-11(2)10-14-17-15(22-18-14)12-6-3-4-8-19(12)16(20)13-7-5-9-21-13/h11-13H,3-10H2,1-2H3/t12-,13-/m1/s1. The largest absolute Gasteiger partial charge is 0.368 e. The molecule has 2 atom stereocenters. The molecule has 0 bridgehead atoms. The van der Waals surface area contributed by atoms with Gasteiger partial charge in [-0.25, -0.2) is 0 Å². The summed E-state index contributed by atoms with van der Waals surface area (Å²) in [6.07, 6.45) is 5.32. The zero-order valence-electron chi connectivity index (χ0n) is 13.5. The fourth-order valence-corrected chi connectivity index (χ4v) is 3.26. The number of hydrogen-bond donors (Lipinski definition) is 0. The van der Waals surface area contributed by atoms with Crippen molar-refractivity contribution in [2.24, 2.45) is 5.92 Å². The zero-order valence-corrected chi connectivity index (χ0v) is 13.5. The number of carbonyl (C=O) groups excluding carboxylic acids is 1. The number of carbonyl (C=O) groups is 1. The number of rotatable bonds is 4. The summed E-state index contributed by atoms with van der Waals surface area (Å²) < 4.78 is 11.0. The molecule has 6 nitrogen and oxygen atoms in total. The van der Waals surface area contributed by atoms with Crippen LogP contribution in [-0.2, 0) is 16.0 Å². The summed E-state index contributed by atoms with van der Waals surface area (Å²) in [7, 11) is 0. The van der Waals surface area contributed by atoms with E-state index in [0.29, 0.717) is 18.4 Å². The van der Waals surface area contributed by atoms with E-state index in [1.165, 1.54) is 0 Å². The lowest BCUT2D eigenvalue weighted by Crippen LogP contribution is -2.44. The molecule has 1 aromatic heterocycles. The number of ether oxygens (including phenoxy) is 1. The first-order valence-corrected chi connectivity index (χ1v) is 8.39. The second kappa shape index (κ2) is 6.77. The predicted molar refractivity (Wildman–Crippen MR) is 80.1 cm³/mol. The third-order valence-electron chi connectivity index (χ3n) is 4.35. The molecular weight excluding hydrogens is 282 g/mol. The molecule has 0 radical (unpaired) electrons. The molecule has 3 heterocycles. The second-order valence-corrected chi connectivity index (χ2v) is 6.69. The third kappa shape index (κ3) is 3.32. The van der Waals surface area contributed by atoms with Crippen LogP contribution in [0.15, 0.2) is 4.52 Å². The molecule has 2 fully saturated rings. The Hall–Kier alpha value is -1.43. The average Bonchev–Trinajstić information content (AvgIpc) is 3.17. The van der Waals surface area contributed by atoms with Gasteiger partial charge in [-0.15, -0.1) is 0 Å². The quantitative estimate of drug-likeness (QED) is 0.855. The van der Waals surface area contributed by atoms with Crippen LogP contribution in [0.25, 0.3) is 0 Å². The maximum absolute atomic E-state index is 12.7. The highest BCUT2D eigenvalue weighted by molar-refractivity contribution is 5.81. The molecule has 2 aliphatic rings. The molecular formula is C16H25N3O3. The Morgan fingerprint density at radius 2 is 2.18 bits per heavy atom. The minimum absolute atomic E-state index is 0.0844. The summed E-state index contributed by atoms with van der Waals surface area (Å²) in [6.45, 7) is 5.70. The molecule has 2 aliphatic heterocycles. The minimum atomic E-state index is -0.279. The summed E-state index contributed by atoms with van der Waals surface area (Å²) in [4.78, 5) is 19.1. The summed E-state index contributed by atoms with van der Waals surface area (Å²) in [5.74, 6) is 1.90. The molecule has 1 amide bonds. The van der Waals surface area contributed by atoms with E-state index < -0.39 is 0 Å². The van der Waals surface area contributed by atoms with Crippen molar-refractivity contribution in [3.05, 3.63) is 11.7 Å². The Kier molecular flexibility index (Phi) is 4.76. The lowest BCUT2D eigenvalue weighted by molar-refractivity contribution is -0.145. The van der Waals surface area contributed by atoms with Gasteiger partial charge in [-0.2, -0.15) is 4.98 Å². The van der Waals surface area contributed by atoms with E-state index in [1.54, 1.807) is 0 Å². The van der Waals surface area contributed by atoms with E-state index in [4.69, 9.17) is 9.26 Å². The van der Waals surface area contributed by atoms with Crippen molar-refractivity contribution in [1.29, 1.82) is 0 Å². The van der Waals surface area contributed by atoms with Gasteiger partial charge in [-0.3, -0.25) is 4.79 Å². The average molecular weight is 307 g/mol. The third-order valence-corrected chi connectivity index (χ3v) is 4.35. The number of hydrogen-bond acceptors (Lipinski definition) is 5. The van der Waals surface area contributed by atoms with E-state index in [1.807, 2.05) is 4.90 Å². The first-order chi connectivity index (χ1) is 10.6. The summed E-state index contributed by atoms with van der Waals surface area (Å²) in [5.41, 5.74) is 0. The Balaban J connectivity index is 1.74. The lowest BCUT2D eigenvalue weighted by atomic mass is 10.0. The fraction of sp³-hybridized carbons (Fsp3) is 0.812. The van der Waals surface area contributed by atoms with Crippen LogP contribution >= 0.6 is 0 Å². The van der Waals surface area contributed by atoms with Crippen LogP contribution in [0.5, 0.6) is 0 Å². The predicted octanol–water partition coefficient (Wildman–Crippen LogP) is 2.50. The lowest BCUT2D eigenvalue weighted by Gasteiger charge is -2.34. The molecule has 22 heavy (non-hydrogen) atoms. The van der Waals surface area contributed by atoms with Crippen LogP contribution in [0.4, 0.5) is 0 Å². The van der Waals surface area contributed by atoms with Crippen LogP contribution in [-0.4, -0.2) is 40.2 Å². The highest BCUT2D eigenvalue weighted by atomic mass is 16.5. The van der Waals surface area contributed by atoms with Crippen molar-refractivity contribution in [3.8, 4) is 0 Å². The topological polar surface area (TPSA) is 68.5 Å². The van der Waals surface area contributed by atoms with Crippen LogP contribution in [0, 0.1) is 5.92 Å². The van der Waals surface area contributed by atoms with E-state index in [2.05, 4.69) is 24.0 Å². The van der Waals surface area contributed by atoms with Crippen LogP contribution in [0.1, 0.15) is 63.7 Å². The maximum atomic E-state index is 12.7. The summed E-state index contributed by atoms with van der Waals surface area (Å²) in [5, 5.41) is 4.07. The van der Waals surface area contributed by atoms with Crippen LogP contribution < -0.4 is 0 Å². The SMILES string of the molecule is CC(C)Cc1noc([C@H]2CCCCN2C(=O)[C@H]2CCCO2)n1. The molecule has 0 spiro atoms. The van der Waals surface area contributed by atoms with Crippen LogP contribution in [0.3, 0.4) is 0 Å². The van der Waals surface area contributed by atoms with Gasteiger partial charge in [0.05, 0.1) is 0 Å². The molecule has 6 heteroatoms. The molecule has 1 aromatic rings. The van der Waals surface area contributed by atoms with E-state index in [9.17, 15) is 4.79 Å². The summed E-state index contributed by atoms with van der Waals surface area (Å²) >= 11 is 0. The van der Waals surface area contributed by atoms with Crippen molar-refractivity contribution >= 4 is 5.91 Å². The Morgan fingerprint density at radius 3 is 2.91 bits per heavy atom. The number of amides is 1. The zero-order chi connectivity index (χ0) is 15.5. The Labute approximate surface area is 131 Å². The van der Waals surface area contributed by atoms with Crippen molar-refractivity contribution in [2.75, 3.05) is 13.2 Å². The highest BCUT2D eigenvalue weighted by Crippen LogP contribution is 2.32. The van der Waals surface area contributed by atoms with Gasteiger partial charge < -0.3 is 14.2 Å². The summed E-state index contributed by atoms with van der Waals surface area (Å²) in [6, 6.07) is -0.0844. The van der Waals surface area contributed by atoms with Gasteiger partial charge in [0.25, 0.3) is 5.91 Å². The van der Waals surface area contributed by atoms with Crippen molar-refractivity contribution < 1.29 is 14.1 Å². The number of likely N-dealkylation sites (tertiary alicyclic amines) is 1. The fourth-order valence-electron chi connectivity index (χ4n) is 3.26. The van der Waals surface area contributed by atoms with Gasteiger partial charge in [0, 0.05) is 19.6 Å². The first-order valence-electron chi connectivity index (χ1n) is 8.39. The van der Waals surface area contributed by atoms with Gasteiger partial charge in [-0.1, -0.05) is 19.0 Å². The first kappa shape index (κ1) is 15.5. The molecule has 0 unspecified atom stereocenters. The van der Waals surface area contributed by atoms with Gasteiger partial charge >= 0.3 is 0 Å². The normalized spacial score (nSPS) is 25.9. The maximum Gasteiger partial charge on any atom is 0.252 e. The smallest absolute Gasteiger partial charge is 0.252 e. The second-order valence-electron chi connectivity index (χ2n) is 6.69. The molecule has 0 aliphatic carbocycles. The van der Waals surface area contributed by atoms with Crippen molar-refractivity contribution in [2.45, 2.75) is 64.5 Å². The van der Waals surface area contributed by atoms with Crippen molar-refractivity contribution in [1.82, 2.24) is 15.0 Å². The van der Waals surface area contributed by atoms with Gasteiger partial charge in [-0.05, 0) is 38.0 Å². The molecule has 2 saturated heterocycles.